The molecule has 1 aliphatic rings. The van der Waals surface area contributed by atoms with Crippen LogP contribution in [-0.2, 0) is 4.79 Å². The molecule has 0 aliphatic heterocycles. The lowest BCUT2D eigenvalue weighted by Gasteiger charge is -2.14. The summed E-state index contributed by atoms with van der Waals surface area (Å²) in [7, 11) is 0. The Hall–Kier alpha value is -1.78. The first-order valence-corrected chi connectivity index (χ1v) is 6.34. The molecule has 2 rings (SSSR count). The number of carboxylic acid groups (broad SMARTS) is 1. The van der Waals surface area contributed by atoms with E-state index in [1.54, 1.807) is 6.07 Å². The standard InChI is InChI=1S/C13H18N2O3/c1-2-4-10(13(17)18)14-12(16)11-5-3-8-15(11)9-6-7-9/h3,5,8-10H,2,4,6-7H2,1H3,(H,14,16)(H,17,18)/t10-/m1/s1. The molecule has 1 aromatic heterocycles. The quantitative estimate of drug-likeness (QED) is 0.808. The molecule has 5 heteroatoms. The molecule has 1 saturated carbocycles. The van der Waals surface area contributed by atoms with Gasteiger partial charge in [-0.05, 0) is 31.4 Å². The summed E-state index contributed by atoms with van der Waals surface area (Å²) in [5.41, 5.74) is 0.555. The number of aliphatic carboxylic acids is 1. The topological polar surface area (TPSA) is 71.3 Å². The lowest BCUT2D eigenvalue weighted by molar-refractivity contribution is -0.139. The summed E-state index contributed by atoms with van der Waals surface area (Å²) < 4.78 is 1.93. The van der Waals surface area contributed by atoms with Crippen molar-refractivity contribution in [3.63, 3.8) is 0 Å². The number of hydrogen-bond donors (Lipinski definition) is 2. The van der Waals surface area contributed by atoms with Crippen LogP contribution in [-0.4, -0.2) is 27.6 Å². The zero-order valence-electron chi connectivity index (χ0n) is 10.4. The highest BCUT2D eigenvalue weighted by Gasteiger charge is 2.28. The van der Waals surface area contributed by atoms with E-state index in [0.29, 0.717) is 18.2 Å². The predicted octanol–water partition coefficient (Wildman–Crippen LogP) is 1.81. The molecule has 0 aromatic carbocycles. The SMILES string of the molecule is CCC[C@@H](NC(=O)c1cccn1C1CC1)C(=O)O. The van der Waals surface area contributed by atoms with E-state index in [0.717, 1.165) is 19.3 Å². The van der Waals surface area contributed by atoms with Gasteiger partial charge in [0.2, 0.25) is 0 Å². The summed E-state index contributed by atoms with van der Waals surface area (Å²) in [5, 5.41) is 11.6. The van der Waals surface area contributed by atoms with Crippen molar-refractivity contribution in [2.75, 3.05) is 0 Å². The van der Waals surface area contributed by atoms with Gasteiger partial charge in [0.1, 0.15) is 11.7 Å². The number of carbonyl (C=O) groups is 2. The van der Waals surface area contributed by atoms with Crippen molar-refractivity contribution in [1.29, 1.82) is 0 Å². The molecule has 0 unspecified atom stereocenters. The molecule has 0 saturated heterocycles. The van der Waals surface area contributed by atoms with Gasteiger partial charge >= 0.3 is 5.97 Å². The number of rotatable bonds is 6. The third-order valence-electron chi connectivity index (χ3n) is 3.13. The summed E-state index contributed by atoms with van der Waals surface area (Å²) in [5.74, 6) is -1.28. The Kier molecular flexibility index (Phi) is 3.69. The van der Waals surface area contributed by atoms with Crippen LogP contribution in [0.2, 0.25) is 0 Å². The average Bonchev–Trinajstić information content (AvgIpc) is 3.06. The number of aromatic nitrogens is 1. The molecule has 5 nitrogen and oxygen atoms in total. The van der Waals surface area contributed by atoms with E-state index < -0.39 is 12.0 Å². The fourth-order valence-electron chi connectivity index (χ4n) is 2.04. The van der Waals surface area contributed by atoms with Gasteiger partial charge in [0, 0.05) is 12.2 Å². The van der Waals surface area contributed by atoms with Crippen molar-refractivity contribution in [3.05, 3.63) is 24.0 Å². The van der Waals surface area contributed by atoms with Crippen molar-refractivity contribution < 1.29 is 14.7 Å². The first kappa shape index (κ1) is 12.7. The summed E-state index contributed by atoms with van der Waals surface area (Å²) in [4.78, 5) is 23.1. The van der Waals surface area contributed by atoms with Gasteiger partial charge in [-0.25, -0.2) is 4.79 Å². The fourth-order valence-corrected chi connectivity index (χ4v) is 2.04. The molecule has 1 aliphatic carbocycles. The van der Waals surface area contributed by atoms with Gasteiger partial charge in [0.25, 0.3) is 5.91 Å². The molecule has 0 spiro atoms. The number of amides is 1. The van der Waals surface area contributed by atoms with E-state index in [4.69, 9.17) is 5.11 Å². The van der Waals surface area contributed by atoms with Gasteiger partial charge in [0.05, 0.1) is 0 Å². The maximum Gasteiger partial charge on any atom is 0.326 e. The normalized spacial score (nSPS) is 16.3. The number of nitrogens with one attached hydrogen (secondary N) is 1. The molecular weight excluding hydrogens is 232 g/mol. The minimum absolute atomic E-state index is 0.298. The molecule has 1 atom stereocenters. The lowest BCUT2D eigenvalue weighted by atomic mass is 10.1. The van der Waals surface area contributed by atoms with Crippen LogP contribution >= 0.6 is 0 Å². The third-order valence-corrected chi connectivity index (χ3v) is 3.13. The van der Waals surface area contributed by atoms with Crippen LogP contribution in [0.1, 0.15) is 49.1 Å². The second-order valence-corrected chi connectivity index (χ2v) is 4.68. The molecule has 1 aromatic rings. The largest absolute Gasteiger partial charge is 0.480 e. The Balaban J connectivity index is 2.05. The molecule has 98 valence electrons. The van der Waals surface area contributed by atoms with Crippen molar-refractivity contribution >= 4 is 11.9 Å². The maximum absolute atomic E-state index is 12.1. The van der Waals surface area contributed by atoms with Crippen molar-refractivity contribution in [1.82, 2.24) is 9.88 Å². The Bertz CT molecular complexity index is 449. The van der Waals surface area contributed by atoms with E-state index in [-0.39, 0.29) is 5.91 Å². The first-order chi connectivity index (χ1) is 8.63. The molecule has 1 amide bonds. The smallest absolute Gasteiger partial charge is 0.326 e. The van der Waals surface area contributed by atoms with Crippen LogP contribution in [0.5, 0.6) is 0 Å². The van der Waals surface area contributed by atoms with Crippen LogP contribution in [0.15, 0.2) is 18.3 Å². The highest BCUT2D eigenvalue weighted by molar-refractivity contribution is 5.95. The summed E-state index contributed by atoms with van der Waals surface area (Å²) >= 11 is 0. The molecule has 1 heterocycles. The summed E-state index contributed by atoms with van der Waals surface area (Å²) in [6.07, 6.45) is 5.23. The Labute approximate surface area is 106 Å². The minimum atomic E-state index is -0.977. The van der Waals surface area contributed by atoms with Gasteiger partial charge in [-0.2, -0.15) is 0 Å². The van der Waals surface area contributed by atoms with E-state index in [1.165, 1.54) is 0 Å². The van der Waals surface area contributed by atoms with E-state index in [1.807, 2.05) is 23.8 Å². The van der Waals surface area contributed by atoms with Gasteiger partial charge in [-0.3, -0.25) is 4.79 Å². The van der Waals surface area contributed by atoms with E-state index >= 15 is 0 Å². The Morgan fingerprint density at radius 2 is 2.28 bits per heavy atom. The maximum atomic E-state index is 12.1. The predicted molar refractivity (Wildman–Crippen MR) is 66.5 cm³/mol. The van der Waals surface area contributed by atoms with Crippen molar-refractivity contribution in [2.24, 2.45) is 0 Å². The van der Waals surface area contributed by atoms with E-state index in [9.17, 15) is 9.59 Å². The second-order valence-electron chi connectivity index (χ2n) is 4.68. The summed E-state index contributed by atoms with van der Waals surface area (Å²) in [6.45, 7) is 1.90. The van der Waals surface area contributed by atoms with Crippen molar-refractivity contribution in [3.8, 4) is 0 Å². The highest BCUT2D eigenvalue weighted by Crippen LogP contribution is 2.35. The zero-order chi connectivity index (χ0) is 13.1. The van der Waals surface area contributed by atoms with Crippen LogP contribution < -0.4 is 5.32 Å². The van der Waals surface area contributed by atoms with Crippen molar-refractivity contribution in [2.45, 2.75) is 44.7 Å². The number of hydrogen-bond acceptors (Lipinski definition) is 2. The molecule has 2 N–H and O–H groups in total. The third kappa shape index (κ3) is 2.72. The molecule has 0 bridgehead atoms. The van der Waals surface area contributed by atoms with Crippen LogP contribution in [0, 0.1) is 0 Å². The number of carbonyl (C=O) groups excluding carboxylic acids is 1. The molecular formula is C13H18N2O3. The van der Waals surface area contributed by atoms with Gasteiger partial charge in [-0.1, -0.05) is 13.3 Å². The average molecular weight is 250 g/mol. The minimum Gasteiger partial charge on any atom is -0.480 e. The van der Waals surface area contributed by atoms with Gasteiger partial charge in [-0.15, -0.1) is 0 Å². The lowest BCUT2D eigenvalue weighted by Crippen LogP contribution is -2.41. The Morgan fingerprint density at radius 1 is 1.56 bits per heavy atom. The fraction of sp³-hybridized carbons (Fsp3) is 0.538. The van der Waals surface area contributed by atoms with Gasteiger partial charge in [0.15, 0.2) is 0 Å². The monoisotopic (exact) mass is 250 g/mol. The first-order valence-electron chi connectivity index (χ1n) is 6.34. The number of carboxylic acids is 1. The second kappa shape index (κ2) is 5.25. The number of nitrogens with zero attached hydrogens (tertiary/aromatic N) is 1. The molecule has 18 heavy (non-hydrogen) atoms. The van der Waals surface area contributed by atoms with E-state index in [2.05, 4.69) is 5.32 Å². The highest BCUT2D eigenvalue weighted by atomic mass is 16.4. The Morgan fingerprint density at radius 3 is 2.83 bits per heavy atom. The van der Waals surface area contributed by atoms with Crippen LogP contribution in [0.3, 0.4) is 0 Å². The van der Waals surface area contributed by atoms with Crippen LogP contribution in [0.4, 0.5) is 0 Å². The van der Waals surface area contributed by atoms with Gasteiger partial charge < -0.3 is 15.0 Å². The molecule has 1 fully saturated rings. The summed E-state index contributed by atoms with van der Waals surface area (Å²) in [6, 6.07) is 3.17. The van der Waals surface area contributed by atoms with Crippen LogP contribution in [0.25, 0.3) is 0 Å². The zero-order valence-corrected chi connectivity index (χ0v) is 10.4. The molecule has 0 radical (unpaired) electrons.